The van der Waals surface area contributed by atoms with E-state index in [-0.39, 0.29) is 0 Å². The Kier molecular flexibility index (Phi) is 3.03. The van der Waals surface area contributed by atoms with Crippen molar-refractivity contribution in [3.8, 4) is 0 Å². The Morgan fingerprint density at radius 3 is 2.47 bits per heavy atom. The van der Waals surface area contributed by atoms with Crippen LogP contribution in [0.5, 0.6) is 0 Å². The fraction of sp³-hybridized carbons (Fsp3) is 0.143. The molecule has 2 aromatic rings. The van der Waals surface area contributed by atoms with E-state index in [0.717, 1.165) is 17.9 Å². The number of hydrogen-bond donors (Lipinski definition) is 0. The third-order valence-electron chi connectivity index (χ3n) is 2.27. The van der Waals surface area contributed by atoms with Gasteiger partial charge >= 0.3 is 0 Å². The van der Waals surface area contributed by atoms with E-state index in [4.69, 9.17) is 4.42 Å². The van der Waals surface area contributed by atoms with Crippen LogP contribution < -0.4 is 0 Å². The Morgan fingerprint density at radius 1 is 1.00 bits per heavy atom. The van der Waals surface area contributed by atoms with Gasteiger partial charge in [-0.25, -0.2) is 0 Å². The van der Waals surface area contributed by atoms with Crippen molar-refractivity contribution in [3.05, 3.63) is 59.5 Å². The van der Waals surface area contributed by atoms with Gasteiger partial charge in [0.2, 0.25) is 0 Å². The van der Waals surface area contributed by atoms with Gasteiger partial charge < -0.3 is 4.42 Å². The molecular weight excluding hydrogens is 184 g/mol. The zero-order valence-corrected chi connectivity index (χ0v) is 8.81. The highest BCUT2D eigenvalue weighted by molar-refractivity contribution is 5.67. The second-order valence-corrected chi connectivity index (χ2v) is 3.40. The molecule has 0 saturated carbocycles. The summed E-state index contributed by atoms with van der Waals surface area (Å²) in [4.78, 5) is 0. The summed E-state index contributed by atoms with van der Waals surface area (Å²) >= 11 is 0. The summed E-state index contributed by atoms with van der Waals surface area (Å²) in [6.07, 6.45) is 4.99. The molecule has 0 fully saturated rings. The van der Waals surface area contributed by atoms with E-state index in [2.05, 4.69) is 25.1 Å². The van der Waals surface area contributed by atoms with Gasteiger partial charge in [-0.15, -0.1) is 0 Å². The van der Waals surface area contributed by atoms with E-state index in [0.29, 0.717) is 0 Å². The van der Waals surface area contributed by atoms with Crippen molar-refractivity contribution in [3.63, 3.8) is 0 Å². The average molecular weight is 198 g/mol. The molecule has 0 atom stereocenters. The second-order valence-electron chi connectivity index (χ2n) is 3.40. The van der Waals surface area contributed by atoms with Gasteiger partial charge in [-0.1, -0.05) is 43.3 Å². The van der Waals surface area contributed by atoms with Crippen LogP contribution in [0.3, 0.4) is 0 Å². The number of rotatable bonds is 3. The molecule has 1 heteroatoms. The summed E-state index contributed by atoms with van der Waals surface area (Å²) in [5.41, 5.74) is 1.19. The van der Waals surface area contributed by atoms with Crippen LogP contribution in [-0.2, 0) is 6.42 Å². The largest absolute Gasteiger partial charge is 0.462 e. The van der Waals surface area contributed by atoms with E-state index in [1.165, 1.54) is 5.56 Å². The quantitative estimate of drug-likeness (QED) is 0.726. The van der Waals surface area contributed by atoms with E-state index < -0.39 is 0 Å². The number of furan rings is 1. The molecule has 0 unspecified atom stereocenters. The molecular formula is C14H14O. The zero-order chi connectivity index (χ0) is 10.5. The van der Waals surface area contributed by atoms with Crippen LogP contribution in [0.4, 0.5) is 0 Å². The summed E-state index contributed by atoms with van der Waals surface area (Å²) in [7, 11) is 0. The maximum absolute atomic E-state index is 5.57. The second kappa shape index (κ2) is 4.65. The summed E-state index contributed by atoms with van der Waals surface area (Å²) in [6.45, 7) is 2.09. The first-order valence-corrected chi connectivity index (χ1v) is 5.20. The fourth-order valence-electron chi connectivity index (χ4n) is 1.42. The third-order valence-corrected chi connectivity index (χ3v) is 2.27. The molecule has 1 aromatic carbocycles. The van der Waals surface area contributed by atoms with Crippen molar-refractivity contribution in [1.82, 2.24) is 0 Å². The average Bonchev–Trinajstić information content (AvgIpc) is 2.76. The van der Waals surface area contributed by atoms with Crippen molar-refractivity contribution in [2.45, 2.75) is 13.3 Å². The Bertz CT molecular complexity index is 437. The van der Waals surface area contributed by atoms with Crippen LogP contribution in [0, 0.1) is 0 Å². The first-order chi connectivity index (χ1) is 7.38. The lowest BCUT2D eigenvalue weighted by Gasteiger charge is -1.90. The standard InChI is InChI=1S/C14H14O/c1-2-13-10-11-14(15-13)9-8-12-6-4-3-5-7-12/h3-11H,2H2,1H3/b9-8+. The highest BCUT2D eigenvalue weighted by Gasteiger charge is 1.95. The maximum Gasteiger partial charge on any atom is 0.127 e. The summed E-state index contributed by atoms with van der Waals surface area (Å²) < 4.78 is 5.57. The van der Waals surface area contributed by atoms with Crippen LogP contribution in [0.25, 0.3) is 12.2 Å². The molecule has 1 nitrogen and oxygen atoms in total. The molecule has 0 radical (unpaired) electrons. The minimum Gasteiger partial charge on any atom is -0.462 e. The van der Waals surface area contributed by atoms with Crippen molar-refractivity contribution in [2.75, 3.05) is 0 Å². The molecule has 0 spiro atoms. The lowest BCUT2D eigenvalue weighted by molar-refractivity contribution is 0.508. The molecule has 0 N–H and O–H groups in total. The van der Waals surface area contributed by atoms with Crippen LogP contribution in [-0.4, -0.2) is 0 Å². The predicted molar refractivity (Wildman–Crippen MR) is 63.5 cm³/mol. The van der Waals surface area contributed by atoms with Gasteiger partial charge in [0.1, 0.15) is 11.5 Å². The van der Waals surface area contributed by atoms with E-state index in [9.17, 15) is 0 Å². The van der Waals surface area contributed by atoms with Crippen molar-refractivity contribution in [1.29, 1.82) is 0 Å². The molecule has 0 saturated heterocycles. The van der Waals surface area contributed by atoms with Crippen molar-refractivity contribution in [2.24, 2.45) is 0 Å². The first kappa shape index (κ1) is 9.78. The summed E-state index contributed by atoms with van der Waals surface area (Å²) in [5.74, 6) is 1.94. The summed E-state index contributed by atoms with van der Waals surface area (Å²) in [5, 5.41) is 0. The lowest BCUT2D eigenvalue weighted by atomic mass is 10.2. The van der Waals surface area contributed by atoms with Crippen LogP contribution in [0.2, 0.25) is 0 Å². The minimum absolute atomic E-state index is 0.913. The molecule has 1 heterocycles. The van der Waals surface area contributed by atoms with Gasteiger partial charge in [0, 0.05) is 6.42 Å². The van der Waals surface area contributed by atoms with Crippen LogP contribution >= 0.6 is 0 Å². The Hall–Kier alpha value is -1.76. The molecule has 0 aliphatic carbocycles. The van der Waals surface area contributed by atoms with Gasteiger partial charge in [0.25, 0.3) is 0 Å². The molecule has 1 aromatic heterocycles. The molecule has 15 heavy (non-hydrogen) atoms. The molecule has 0 amide bonds. The monoisotopic (exact) mass is 198 g/mol. The SMILES string of the molecule is CCc1ccc(/C=C/c2ccccc2)o1. The van der Waals surface area contributed by atoms with Crippen molar-refractivity contribution >= 4 is 12.2 Å². The van der Waals surface area contributed by atoms with Crippen LogP contribution in [0.15, 0.2) is 46.9 Å². The maximum atomic E-state index is 5.57. The lowest BCUT2D eigenvalue weighted by Crippen LogP contribution is -1.70. The van der Waals surface area contributed by atoms with Gasteiger partial charge in [0.05, 0.1) is 0 Å². The highest BCUT2D eigenvalue weighted by atomic mass is 16.3. The highest BCUT2D eigenvalue weighted by Crippen LogP contribution is 2.12. The van der Waals surface area contributed by atoms with Gasteiger partial charge in [-0.3, -0.25) is 0 Å². The van der Waals surface area contributed by atoms with Gasteiger partial charge in [0.15, 0.2) is 0 Å². The van der Waals surface area contributed by atoms with E-state index >= 15 is 0 Å². The fourth-order valence-corrected chi connectivity index (χ4v) is 1.42. The number of benzene rings is 1. The molecule has 0 bridgehead atoms. The predicted octanol–water partition coefficient (Wildman–Crippen LogP) is 4.01. The zero-order valence-electron chi connectivity index (χ0n) is 8.81. The number of hydrogen-bond acceptors (Lipinski definition) is 1. The Labute approximate surface area is 90.1 Å². The van der Waals surface area contributed by atoms with Gasteiger partial charge in [-0.05, 0) is 23.8 Å². The normalized spacial score (nSPS) is 11.0. The Balaban J connectivity index is 2.11. The summed E-state index contributed by atoms with van der Waals surface area (Å²) in [6, 6.07) is 14.2. The third kappa shape index (κ3) is 2.59. The van der Waals surface area contributed by atoms with E-state index in [1.54, 1.807) is 0 Å². The Morgan fingerprint density at radius 2 is 1.80 bits per heavy atom. The minimum atomic E-state index is 0.913. The molecule has 2 rings (SSSR count). The van der Waals surface area contributed by atoms with Gasteiger partial charge in [-0.2, -0.15) is 0 Å². The molecule has 76 valence electrons. The first-order valence-electron chi connectivity index (χ1n) is 5.20. The molecule has 0 aliphatic heterocycles. The number of aryl methyl sites for hydroxylation is 1. The topological polar surface area (TPSA) is 13.1 Å². The van der Waals surface area contributed by atoms with E-state index in [1.807, 2.05) is 36.4 Å². The van der Waals surface area contributed by atoms with Crippen molar-refractivity contribution < 1.29 is 4.42 Å². The van der Waals surface area contributed by atoms with Crippen LogP contribution in [0.1, 0.15) is 24.0 Å². The smallest absolute Gasteiger partial charge is 0.127 e. The molecule has 0 aliphatic rings.